The molecule has 2 atom stereocenters. The van der Waals surface area contributed by atoms with Crippen LogP contribution in [0.1, 0.15) is 81.5 Å². The molecule has 46 heavy (non-hydrogen) atoms. The van der Waals surface area contributed by atoms with Crippen LogP contribution in [0, 0.1) is 12.8 Å². The lowest BCUT2D eigenvalue weighted by molar-refractivity contribution is 0.446. The molecule has 0 spiro atoms. The van der Waals surface area contributed by atoms with Crippen molar-refractivity contribution in [2.24, 2.45) is 5.92 Å². The molecule has 0 unspecified atom stereocenters. The fraction of sp³-hybridized carbons (Fsp3) is 0.317. The van der Waals surface area contributed by atoms with Gasteiger partial charge in [0.1, 0.15) is 17.3 Å². The van der Waals surface area contributed by atoms with Crippen molar-refractivity contribution in [2.75, 3.05) is 0 Å². The van der Waals surface area contributed by atoms with Crippen molar-refractivity contribution in [1.29, 1.82) is 0 Å². The van der Waals surface area contributed by atoms with Crippen molar-refractivity contribution in [1.82, 2.24) is 19.3 Å². The Morgan fingerprint density at radius 2 is 1.65 bits per heavy atom. The van der Waals surface area contributed by atoms with E-state index in [1.54, 1.807) is 0 Å². The Bertz CT molecular complexity index is 2100. The second-order valence-corrected chi connectivity index (χ2v) is 12.9. The molecule has 234 valence electrons. The van der Waals surface area contributed by atoms with Crippen LogP contribution in [0.3, 0.4) is 0 Å². The lowest BCUT2D eigenvalue weighted by Gasteiger charge is -2.30. The van der Waals surface area contributed by atoms with E-state index in [0.717, 1.165) is 53.3 Å². The number of pyridine rings is 1. The zero-order valence-electron chi connectivity index (χ0n) is 28.0. The van der Waals surface area contributed by atoms with Gasteiger partial charge in [0.15, 0.2) is 0 Å². The summed E-state index contributed by atoms with van der Waals surface area (Å²) in [5.74, 6) is 3.57. The summed E-state index contributed by atoms with van der Waals surface area (Å²) in [5.41, 5.74) is 11.1. The number of para-hydroxylation sites is 1. The fourth-order valence-electron chi connectivity index (χ4n) is 7.59. The first kappa shape index (κ1) is 30.0. The van der Waals surface area contributed by atoms with Gasteiger partial charge in [-0.25, -0.2) is 9.67 Å². The standard InChI is InChI=1S/C41H44N4O/c1-7-29-22-30(45-36(9-3)41(35(8-2)43-45)40-27(5)13-12-14-28(40)6)24-32(23-29)46-31-17-18-34-33-15-10-11-16-37(33)44(38(34)25-31)39-21-26(4)19-20-42-39/h10-11,13,15-25,28,40H,7-9,12,14H2,1-6H3/t28-,40+/m0/s1. The molecule has 0 radical (unpaired) electrons. The maximum Gasteiger partial charge on any atom is 0.137 e. The monoisotopic (exact) mass is 608 g/mol. The highest BCUT2D eigenvalue weighted by atomic mass is 16.5. The summed E-state index contributed by atoms with van der Waals surface area (Å²) in [5, 5.41) is 7.66. The number of aromatic nitrogens is 4. The van der Waals surface area contributed by atoms with Crippen LogP contribution in [-0.4, -0.2) is 19.3 Å². The zero-order chi connectivity index (χ0) is 31.9. The van der Waals surface area contributed by atoms with Crippen molar-refractivity contribution >= 4 is 21.8 Å². The lowest BCUT2D eigenvalue weighted by atomic mass is 9.74. The van der Waals surface area contributed by atoms with E-state index in [2.05, 4.69) is 124 Å². The molecule has 5 nitrogen and oxygen atoms in total. The first-order chi connectivity index (χ1) is 22.4. The molecule has 0 aliphatic heterocycles. The Hall–Kier alpha value is -4.64. The number of hydrogen-bond acceptors (Lipinski definition) is 3. The van der Waals surface area contributed by atoms with Gasteiger partial charge in [-0.05, 0) is 105 Å². The predicted molar refractivity (Wildman–Crippen MR) is 190 cm³/mol. The number of rotatable bonds is 8. The van der Waals surface area contributed by atoms with Gasteiger partial charge < -0.3 is 4.74 Å². The highest BCUT2D eigenvalue weighted by Crippen LogP contribution is 2.42. The molecule has 0 N–H and O–H groups in total. The van der Waals surface area contributed by atoms with Crippen LogP contribution >= 0.6 is 0 Å². The lowest BCUT2D eigenvalue weighted by Crippen LogP contribution is -2.17. The zero-order valence-corrected chi connectivity index (χ0v) is 28.0. The first-order valence-electron chi connectivity index (χ1n) is 17.0. The molecule has 0 saturated carbocycles. The summed E-state index contributed by atoms with van der Waals surface area (Å²) in [6, 6.07) is 25.7. The first-order valence-corrected chi connectivity index (χ1v) is 17.0. The van der Waals surface area contributed by atoms with Gasteiger partial charge >= 0.3 is 0 Å². The minimum atomic E-state index is 0.429. The third-order valence-electron chi connectivity index (χ3n) is 9.84. The fourth-order valence-corrected chi connectivity index (χ4v) is 7.59. The average Bonchev–Trinajstić information content (AvgIpc) is 3.60. The molecular formula is C41H44N4O. The maximum absolute atomic E-state index is 6.71. The summed E-state index contributed by atoms with van der Waals surface area (Å²) < 4.78 is 11.2. The van der Waals surface area contributed by atoms with E-state index in [9.17, 15) is 0 Å². The van der Waals surface area contributed by atoms with E-state index in [0.29, 0.717) is 11.8 Å². The molecular weight excluding hydrogens is 564 g/mol. The molecule has 0 amide bonds. The van der Waals surface area contributed by atoms with Gasteiger partial charge in [0.05, 0.1) is 22.4 Å². The van der Waals surface area contributed by atoms with Crippen molar-refractivity contribution in [3.8, 4) is 23.0 Å². The van der Waals surface area contributed by atoms with Crippen molar-refractivity contribution in [2.45, 2.75) is 79.6 Å². The third-order valence-corrected chi connectivity index (χ3v) is 9.84. The van der Waals surface area contributed by atoms with E-state index in [1.807, 2.05) is 12.3 Å². The van der Waals surface area contributed by atoms with Crippen molar-refractivity contribution in [3.05, 3.63) is 119 Å². The summed E-state index contributed by atoms with van der Waals surface area (Å²) >= 11 is 0. The third kappa shape index (κ3) is 5.22. The number of benzene rings is 3. The van der Waals surface area contributed by atoms with Crippen LogP contribution in [0.15, 0.2) is 90.6 Å². The highest BCUT2D eigenvalue weighted by Gasteiger charge is 2.31. The van der Waals surface area contributed by atoms with E-state index >= 15 is 0 Å². The predicted octanol–water partition coefficient (Wildman–Crippen LogP) is 10.6. The molecule has 6 aromatic rings. The molecule has 7 rings (SSSR count). The number of ether oxygens (including phenoxy) is 1. The van der Waals surface area contributed by atoms with Crippen LogP contribution in [0.25, 0.3) is 33.3 Å². The number of allylic oxidation sites excluding steroid dienone is 2. The Labute approximate surface area is 272 Å². The number of aryl methyl sites for hydroxylation is 3. The number of fused-ring (bicyclic) bond motifs is 3. The molecule has 1 aliphatic rings. The summed E-state index contributed by atoms with van der Waals surface area (Å²) in [7, 11) is 0. The smallest absolute Gasteiger partial charge is 0.137 e. The second-order valence-electron chi connectivity index (χ2n) is 12.9. The van der Waals surface area contributed by atoms with Gasteiger partial charge in [0, 0.05) is 46.3 Å². The Balaban J connectivity index is 1.33. The molecule has 0 saturated heterocycles. The van der Waals surface area contributed by atoms with E-state index < -0.39 is 0 Å². The quantitative estimate of drug-likeness (QED) is 0.162. The van der Waals surface area contributed by atoms with Gasteiger partial charge in [0.2, 0.25) is 0 Å². The summed E-state index contributed by atoms with van der Waals surface area (Å²) in [4.78, 5) is 4.75. The van der Waals surface area contributed by atoms with Crippen LogP contribution in [0.2, 0.25) is 0 Å². The summed E-state index contributed by atoms with van der Waals surface area (Å²) in [6.45, 7) is 13.5. The number of nitrogens with zero attached hydrogens (tertiary/aromatic N) is 4. The molecule has 0 fully saturated rings. The maximum atomic E-state index is 6.71. The molecule has 3 aromatic carbocycles. The molecule has 3 heterocycles. The van der Waals surface area contributed by atoms with Crippen molar-refractivity contribution < 1.29 is 4.74 Å². The highest BCUT2D eigenvalue weighted by molar-refractivity contribution is 6.09. The summed E-state index contributed by atoms with van der Waals surface area (Å²) in [6.07, 6.45) is 9.49. The van der Waals surface area contributed by atoms with Gasteiger partial charge in [-0.3, -0.25) is 4.57 Å². The second kappa shape index (κ2) is 12.3. The minimum Gasteiger partial charge on any atom is -0.457 e. The largest absolute Gasteiger partial charge is 0.457 e. The van der Waals surface area contributed by atoms with E-state index in [-0.39, 0.29) is 0 Å². The van der Waals surface area contributed by atoms with E-state index in [4.69, 9.17) is 14.8 Å². The van der Waals surface area contributed by atoms with Crippen LogP contribution in [0.4, 0.5) is 0 Å². The average molecular weight is 609 g/mol. The van der Waals surface area contributed by atoms with Crippen molar-refractivity contribution in [3.63, 3.8) is 0 Å². The minimum absolute atomic E-state index is 0.429. The van der Waals surface area contributed by atoms with Gasteiger partial charge in [-0.1, -0.05) is 57.5 Å². The van der Waals surface area contributed by atoms with Crippen LogP contribution < -0.4 is 4.74 Å². The Morgan fingerprint density at radius 3 is 2.41 bits per heavy atom. The number of hydrogen-bond donors (Lipinski definition) is 0. The van der Waals surface area contributed by atoms with Crippen LogP contribution in [-0.2, 0) is 19.3 Å². The topological polar surface area (TPSA) is 44.9 Å². The van der Waals surface area contributed by atoms with Crippen LogP contribution in [0.5, 0.6) is 11.5 Å². The molecule has 0 bridgehead atoms. The Morgan fingerprint density at radius 1 is 0.826 bits per heavy atom. The Kier molecular flexibility index (Phi) is 8.02. The van der Waals surface area contributed by atoms with Gasteiger partial charge in [-0.15, -0.1) is 0 Å². The van der Waals surface area contributed by atoms with Gasteiger partial charge in [0.25, 0.3) is 0 Å². The normalized spacial score (nSPS) is 16.7. The molecule has 5 heteroatoms. The van der Waals surface area contributed by atoms with Gasteiger partial charge in [-0.2, -0.15) is 5.10 Å². The SMILES string of the molecule is CCc1cc(Oc2ccc3c4ccccc4n(-c4cc(C)ccn4)c3c2)cc(-n2nc(CC)c([C@@H]3C(C)=CCC[C@@H]3C)c2CC)c1. The molecule has 3 aromatic heterocycles. The van der Waals surface area contributed by atoms with E-state index in [1.165, 1.54) is 57.3 Å². The molecule has 1 aliphatic carbocycles.